The fourth-order valence-electron chi connectivity index (χ4n) is 8.72. The summed E-state index contributed by atoms with van der Waals surface area (Å²) in [6.07, 6.45) is -1.30. The van der Waals surface area contributed by atoms with Crippen LogP contribution in [0.15, 0.2) is 54.6 Å². The molecular formula is C51H74N8O13. The van der Waals surface area contributed by atoms with Crippen LogP contribution in [0.1, 0.15) is 116 Å². The molecule has 2 aromatic carbocycles. The fraction of sp³-hybridized carbons (Fsp3) is 0.588. The SMILES string of the molecule is CCCCCC(=O)NC(CCC(=O)O)C(=O)NC1C(=O)NC(CCCCN)C(=O)NC2CCC(O)N(C2=O)C(Cc2ccccc2)C(=O)N(C)C(Cc2ccc(O)cc2)C(=O)NC(C(C)CC)C(=O)OC1C. The lowest BCUT2D eigenvalue weighted by atomic mass is 9.95. The van der Waals surface area contributed by atoms with E-state index in [0.29, 0.717) is 36.8 Å². The molecule has 0 aliphatic carbocycles. The average Bonchev–Trinajstić information content (AvgIpc) is 3.35. The number of hydrogen-bond acceptors (Lipinski definition) is 13. The van der Waals surface area contributed by atoms with Crippen LogP contribution in [0.3, 0.4) is 0 Å². The number of phenols is 1. The molecule has 2 saturated heterocycles. The highest BCUT2D eigenvalue weighted by Gasteiger charge is 2.46. The molecule has 10 unspecified atom stereocenters. The number of likely N-dealkylation sites (N-methyl/N-ethyl adjacent to an activating group) is 1. The average molecular weight is 1010 g/mol. The Balaban J connectivity index is 1.88. The maximum atomic E-state index is 15.1. The topological polar surface area (TPSA) is 316 Å². The first-order chi connectivity index (χ1) is 34.3. The molecule has 0 radical (unpaired) electrons. The lowest BCUT2D eigenvalue weighted by Gasteiger charge is -2.43. The van der Waals surface area contributed by atoms with Crippen LogP contribution in [0.5, 0.6) is 5.75 Å². The number of hydrogen-bond donors (Lipinski definition) is 9. The highest BCUT2D eigenvalue weighted by Crippen LogP contribution is 2.26. The zero-order valence-corrected chi connectivity index (χ0v) is 42.0. The molecule has 2 aliphatic heterocycles. The number of phenolic OH excluding ortho intramolecular Hbond substituents is 1. The number of ether oxygens (including phenoxy) is 1. The van der Waals surface area contributed by atoms with Gasteiger partial charge in [0.15, 0.2) is 0 Å². The van der Waals surface area contributed by atoms with E-state index in [4.69, 9.17) is 10.5 Å². The van der Waals surface area contributed by atoms with E-state index in [-0.39, 0.29) is 57.2 Å². The quantitative estimate of drug-likeness (QED) is 0.0668. The molecule has 396 valence electrons. The Morgan fingerprint density at radius 2 is 1.49 bits per heavy atom. The van der Waals surface area contributed by atoms with E-state index < -0.39 is 120 Å². The molecule has 10 atom stereocenters. The van der Waals surface area contributed by atoms with Crippen molar-refractivity contribution in [3.63, 3.8) is 0 Å². The predicted octanol–water partition coefficient (Wildman–Crippen LogP) is 1.30. The molecule has 72 heavy (non-hydrogen) atoms. The second-order valence-electron chi connectivity index (χ2n) is 18.8. The molecule has 2 fully saturated rings. The lowest BCUT2D eigenvalue weighted by molar-refractivity contribution is -0.165. The normalized spacial score (nSPS) is 24.5. The number of carbonyl (C=O) groups excluding carboxylic acids is 8. The summed E-state index contributed by atoms with van der Waals surface area (Å²) >= 11 is 0. The molecule has 0 saturated carbocycles. The maximum absolute atomic E-state index is 15.1. The second-order valence-corrected chi connectivity index (χ2v) is 18.8. The number of unbranched alkanes of at least 4 members (excludes halogenated alkanes) is 3. The Morgan fingerprint density at radius 1 is 0.819 bits per heavy atom. The van der Waals surface area contributed by atoms with Crippen LogP contribution < -0.4 is 32.3 Å². The third kappa shape index (κ3) is 16.7. The Hall–Kier alpha value is -6.61. The molecule has 2 heterocycles. The lowest BCUT2D eigenvalue weighted by Crippen LogP contribution is -2.65. The fourth-order valence-corrected chi connectivity index (χ4v) is 8.72. The minimum absolute atomic E-state index is 0.0175. The molecule has 2 aromatic rings. The van der Waals surface area contributed by atoms with E-state index in [9.17, 15) is 53.7 Å². The minimum Gasteiger partial charge on any atom is -0.508 e. The third-order valence-electron chi connectivity index (χ3n) is 13.3. The van der Waals surface area contributed by atoms with Crippen molar-refractivity contribution >= 4 is 53.3 Å². The van der Waals surface area contributed by atoms with Gasteiger partial charge in [-0.25, -0.2) is 4.79 Å². The van der Waals surface area contributed by atoms with E-state index in [0.717, 1.165) is 22.6 Å². The number of aliphatic hydroxyl groups is 1. The number of aliphatic carboxylic acids is 1. The first kappa shape index (κ1) is 58.0. The van der Waals surface area contributed by atoms with Crippen LogP contribution in [0.2, 0.25) is 0 Å². The summed E-state index contributed by atoms with van der Waals surface area (Å²) in [5.41, 5.74) is 6.90. The van der Waals surface area contributed by atoms with Crippen molar-refractivity contribution in [2.75, 3.05) is 13.6 Å². The van der Waals surface area contributed by atoms with E-state index in [1.54, 1.807) is 56.3 Å². The van der Waals surface area contributed by atoms with Crippen LogP contribution in [0.25, 0.3) is 0 Å². The Kier molecular flexibility index (Phi) is 22.9. The van der Waals surface area contributed by atoms with E-state index in [2.05, 4.69) is 26.6 Å². The summed E-state index contributed by atoms with van der Waals surface area (Å²) in [5, 5.41) is 44.4. The van der Waals surface area contributed by atoms with Crippen molar-refractivity contribution in [3.8, 4) is 5.75 Å². The zero-order valence-electron chi connectivity index (χ0n) is 42.0. The molecule has 0 aromatic heterocycles. The van der Waals surface area contributed by atoms with Gasteiger partial charge < -0.3 is 62.2 Å². The van der Waals surface area contributed by atoms with E-state index in [1.165, 1.54) is 26.1 Å². The molecule has 10 N–H and O–H groups in total. The standard InChI is InChI=1S/C51H74N8O13/c1-6-8-10-18-40(61)53-36(24-26-42(63)64)46(66)57-44-31(4)72-51(71)43(30(3)7-2)56-47(67)38(28-33-19-21-34(60)22-20-33)58(5)50(70)39(29-32-15-11-9-12-16-32)59-41(62)25-23-37(49(59)69)55-45(65)35(54-48(44)68)17-13-14-27-52/h9,11-12,15-16,19-22,30-31,35-39,41,43-44,60,62H,6-8,10,13-14,17-18,23-29,52H2,1-5H3,(H,53,61)(H,54,68)(H,55,65)(H,56,67)(H,57,66)(H,63,64). The number of carboxylic acids is 1. The number of benzene rings is 2. The second kappa shape index (κ2) is 28.4. The molecule has 2 bridgehead atoms. The van der Waals surface area contributed by atoms with Crippen LogP contribution in [0.4, 0.5) is 0 Å². The van der Waals surface area contributed by atoms with Gasteiger partial charge in [0.1, 0.15) is 60.4 Å². The van der Waals surface area contributed by atoms with E-state index >= 15 is 4.79 Å². The highest BCUT2D eigenvalue weighted by molar-refractivity contribution is 5.98. The van der Waals surface area contributed by atoms with E-state index in [1.807, 2.05) is 6.92 Å². The highest BCUT2D eigenvalue weighted by atomic mass is 16.5. The number of esters is 1. The number of carbonyl (C=O) groups is 9. The van der Waals surface area contributed by atoms with Gasteiger partial charge in [0.05, 0.1) is 0 Å². The van der Waals surface area contributed by atoms with Crippen LogP contribution in [0, 0.1) is 5.92 Å². The van der Waals surface area contributed by atoms with Crippen molar-refractivity contribution in [2.24, 2.45) is 11.7 Å². The molecule has 7 amide bonds. The molecule has 2 aliphatic rings. The monoisotopic (exact) mass is 1010 g/mol. The third-order valence-corrected chi connectivity index (χ3v) is 13.3. The number of amides is 7. The summed E-state index contributed by atoms with van der Waals surface area (Å²) in [6, 6.07) is 4.42. The molecule has 4 rings (SSSR count). The van der Waals surface area contributed by atoms with Gasteiger partial charge in [0, 0.05) is 32.7 Å². The van der Waals surface area contributed by atoms with Gasteiger partial charge in [-0.1, -0.05) is 82.5 Å². The van der Waals surface area contributed by atoms with Crippen molar-refractivity contribution < 1.29 is 63.2 Å². The summed E-state index contributed by atoms with van der Waals surface area (Å²) < 4.78 is 5.93. The number of nitrogens with zero attached hydrogens (tertiary/aromatic N) is 2. The number of aromatic hydroxyl groups is 1. The molecule has 21 heteroatoms. The summed E-state index contributed by atoms with van der Waals surface area (Å²) in [5.74, 6) is -8.75. The molecule has 21 nitrogen and oxygen atoms in total. The largest absolute Gasteiger partial charge is 0.508 e. The number of piperidine rings is 1. The Labute approximate surface area is 420 Å². The van der Waals surface area contributed by atoms with Gasteiger partial charge in [-0.05, 0) is 87.6 Å². The zero-order chi connectivity index (χ0) is 53.1. The maximum Gasteiger partial charge on any atom is 0.329 e. The van der Waals surface area contributed by atoms with Gasteiger partial charge in [0.25, 0.3) is 0 Å². The van der Waals surface area contributed by atoms with Gasteiger partial charge in [-0.15, -0.1) is 0 Å². The van der Waals surface area contributed by atoms with Crippen LogP contribution in [-0.2, 0) is 60.7 Å². The number of cyclic esters (lactones) is 1. The van der Waals surface area contributed by atoms with Gasteiger partial charge >= 0.3 is 11.9 Å². The van der Waals surface area contributed by atoms with Crippen LogP contribution in [-0.4, -0.2) is 147 Å². The number of fused-ring (bicyclic) bond motifs is 2. The van der Waals surface area contributed by atoms with Crippen molar-refractivity contribution in [1.29, 1.82) is 0 Å². The summed E-state index contributed by atoms with van der Waals surface area (Å²) in [6.45, 7) is 6.90. The van der Waals surface area contributed by atoms with Crippen LogP contribution >= 0.6 is 0 Å². The summed E-state index contributed by atoms with van der Waals surface area (Å²) in [7, 11) is 1.36. The minimum atomic E-state index is -1.79. The van der Waals surface area contributed by atoms with Crippen molar-refractivity contribution in [1.82, 2.24) is 36.4 Å². The first-order valence-electron chi connectivity index (χ1n) is 25.0. The number of rotatable bonds is 20. The van der Waals surface area contributed by atoms with Crippen molar-refractivity contribution in [2.45, 2.75) is 172 Å². The first-order valence-corrected chi connectivity index (χ1v) is 25.0. The van der Waals surface area contributed by atoms with Gasteiger partial charge in [-0.3, -0.25) is 38.4 Å². The number of carboxylic acid groups (broad SMARTS) is 1. The number of nitrogens with one attached hydrogen (secondary N) is 5. The Bertz CT molecular complexity index is 2180. The smallest absolute Gasteiger partial charge is 0.329 e. The summed E-state index contributed by atoms with van der Waals surface area (Å²) in [4.78, 5) is 129. The van der Waals surface area contributed by atoms with Crippen molar-refractivity contribution in [3.05, 3.63) is 65.7 Å². The number of aliphatic hydroxyl groups excluding tert-OH is 1. The molecule has 0 spiro atoms. The Morgan fingerprint density at radius 3 is 2.12 bits per heavy atom. The number of nitrogens with two attached hydrogens (primary N) is 1. The van der Waals surface area contributed by atoms with Gasteiger partial charge in [0.2, 0.25) is 41.4 Å². The predicted molar refractivity (Wildman–Crippen MR) is 263 cm³/mol. The molecular weight excluding hydrogens is 933 g/mol. The van der Waals surface area contributed by atoms with Gasteiger partial charge in [-0.2, -0.15) is 0 Å².